The Morgan fingerprint density at radius 2 is 1.95 bits per heavy atom. The van der Waals surface area contributed by atoms with Crippen molar-refractivity contribution in [1.29, 1.82) is 0 Å². The number of nitrogens with zero attached hydrogens (tertiary/aromatic N) is 2. The van der Waals surface area contributed by atoms with Crippen molar-refractivity contribution in [2.24, 2.45) is 0 Å². The summed E-state index contributed by atoms with van der Waals surface area (Å²) in [7, 11) is 1.64. The average molecular weight is 297 g/mol. The maximum Gasteiger partial charge on any atom is 0.139 e. The molecule has 1 aromatic carbocycles. The Morgan fingerprint density at radius 1 is 1.23 bits per heavy atom. The van der Waals surface area contributed by atoms with Crippen LogP contribution in [0.25, 0.3) is 16.9 Å². The van der Waals surface area contributed by atoms with E-state index in [1.807, 2.05) is 38.1 Å². The SMILES string of the molecule is COc1cc(C)c(C)cc1-c1nc2ccc(CO)cn2c1N. The number of benzene rings is 1. The zero-order valence-electron chi connectivity index (χ0n) is 12.9. The lowest BCUT2D eigenvalue weighted by molar-refractivity contribution is 0.281. The van der Waals surface area contributed by atoms with Crippen molar-refractivity contribution in [3.05, 3.63) is 47.2 Å². The molecule has 5 heteroatoms. The maximum atomic E-state index is 9.27. The summed E-state index contributed by atoms with van der Waals surface area (Å²) in [6.45, 7) is 4.06. The molecule has 2 aromatic heterocycles. The van der Waals surface area contributed by atoms with Crippen LogP contribution in [-0.4, -0.2) is 21.6 Å². The van der Waals surface area contributed by atoms with Crippen LogP contribution in [0, 0.1) is 13.8 Å². The van der Waals surface area contributed by atoms with Gasteiger partial charge in [-0.3, -0.25) is 4.40 Å². The number of imidazole rings is 1. The minimum Gasteiger partial charge on any atom is -0.496 e. The largest absolute Gasteiger partial charge is 0.496 e. The molecule has 0 fully saturated rings. The monoisotopic (exact) mass is 297 g/mol. The Labute approximate surface area is 129 Å². The molecule has 0 unspecified atom stereocenters. The number of methoxy groups -OCH3 is 1. The van der Waals surface area contributed by atoms with Crippen LogP contribution in [0.4, 0.5) is 5.82 Å². The molecule has 0 amide bonds. The molecule has 0 saturated heterocycles. The van der Waals surface area contributed by atoms with E-state index in [-0.39, 0.29) is 6.61 Å². The molecule has 3 rings (SSSR count). The summed E-state index contributed by atoms with van der Waals surface area (Å²) in [5, 5.41) is 9.27. The van der Waals surface area contributed by atoms with Crippen molar-refractivity contribution in [2.45, 2.75) is 20.5 Å². The van der Waals surface area contributed by atoms with E-state index in [1.54, 1.807) is 17.7 Å². The normalized spacial score (nSPS) is 11.1. The van der Waals surface area contributed by atoms with Gasteiger partial charge in [-0.1, -0.05) is 6.07 Å². The number of hydrogen-bond acceptors (Lipinski definition) is 4. The molecule has 3 N–H and O–H groups in total. The van der Waals surface area contributed by atoms with Crippen LogP contribution in [0.5, 0.6) is 5.75 Å². The van der Waals surface area contributed by atoms with Gasteiger partial charge in [0, 0.05) is 11.8 Å². The summed E-state index contributed by atoms with van der Waals surface area (Å²) in [6, 6.07) is 7.72. The number of aliphatic hydroxyl groups excluding tert-OH is 1. The first-order valence-electron chi connectivity index (χ1n) is 7.08. The molecule has 0 aliphatic rings. The highest BCUT2D eigenvalue weighted by Crippen LogP contribution is 2.35. The van der Waals surface area contributed by atoms with Crippen LogP contribution in [0.15, 0.2) is 30.5 Å². The third kappa shape index (κ3) is 2.19. The fraction of sp³-hybridized carbons (Fsp3) is 0.235. The number of pyridine rings is 1. The van der Waals surface area contributed by atoms with Crippen molar-refractivity contribution < 1.29 is 9.84 Å². The molecule has 22 heavy (non-hydrogen) atoms. The predicted molar refractivity (Wildman–Crippen MR) is 87.0 cm³/mol. The van der Waals surface area contributed by atoms with E-state index in [1.165, 1.54) is 0 Å². The number of aromatic nitrogens is 2. The van der Waals surface area contributed by atoms with Gasteiger partial charge in [0.05, 0.1) is 13.7 Å². The molecule has 2 heterocycles. The molecule has 0 spiro atoms. The summed E-state index contributed by atoms with van der Waals surface area (Å²) in [5.41, 5.74) is 11.7. The van der Waals surface area contributed by atoms with Crippen molar-refractivity contribution in [3.63, 3.8) is 0 Å². The third-order valence-electron chi connectivity index (χ3n) is 3.97. The summed E-state index contributed by atoms with van der Waals surface area (Å²) < 4.78 is 7.27. The van der Waals surface area contributed by atoms with E-state index < -0.39 is 0 Å². The highest BCUT2D eigenvalue weighted by Gasteiger charge is 2.16. The summed E-state index contributed by atoms with van der Waals surface area (Å²) in [4.78, 5) is 4.61. The van der Waals surface area contributed by atoms with Gasteiger partial charge in [0.25, 0.3) is 0 Å². The van der Waals surface area contributed by atoms with E-state index in [4.69, 9.17) is 10.5 Å². The first-order valence-corrected chi connectivity index (χ1v) is 7.08. The van der Waals surface area contributed by atoms with Gasteiger partial charge in [-0.05, 0) is 48.7 Å². The van der Waals surface area contributed by atoms with E-state index in [0.29, 0.717) is 11.5 Å². The second kappa shape index (κ2) is 5.35. The second-order valence-corrected chi connectivity index (χ2v) is 5.41. The molecule has 0 aliphatic carbocycles. The first kappa shape index (κ1) is 14.4. The number of aryl methyl sites for hydroxylation is 2. The number of rotatable bonds is 3. The minimum absolute atomic E-state index is 0.0319. The third-order valence-corrected chi connectivity index (χ3v) is 3.97. The average Bonchev–Trinajstić information content (AvgIpc) is 2.86. The lowest BCUT2D eigenvalue weighted by Crippen LogP contribution is -1.97. The lowest BCUT2D eigenvalue weighted by Gasteiger charge is -2.10. The molecule has 0 aliphatic heterocycles. The zero-order valence-corrected chi connectivity index (χ0v) is 12.9. The van der Waals surface area contributed by atoms with Gasteiger partial charge in [0.1, 0.15) is 22.9 Å². The molecule has 0 saturated carbocycles. The van der Waals surface area contributed by atoms with E-state index >= 15 is 0 Å². The van der Waals surface area contributed by atoms with Crippen LogP contribution in [0.3, 0.4) is 0 Å². The van der Waals surface area contributed by atoms with Crippen molar-refractivity contribution >= 4 is 11.5 Å². The van der Waals surface area contributed by atoms with Crippen LogP contribution in [-0.2, 0) is 6.61 Å². The maximum absolute atomic E-state index is 9.27. The molecule has 3 aromatic rings. The molecule has 0 bridgehead atoms. The molecule has 114 valence electrons. The van der Waals surface area contributed by atoms with E-state index in [0.717, 1.165) is 33.7 Å². The van der Waals surface area contributed by atoms with Gasteiger partial charge in [-0.2, -0.15) is 0 Å². The van der Waals surface area contributed by atoms with Gasteiger partial charge in [0.2, 0.25) is 0 Å². The van der Waals surface area contributed by atoms with Gasteiger partial charge >= 0.3 is 0 Å². The van der Waals surface area contributed by atoms with Gasteiger partial charge in [0.15, 0.2) is 0 Å². The highest BCUT2D eigenvalue weighted by molar-refractivity contribution is 5.80. The number of aliphatic hydroxyl groups is 1. The first-order chi connectivity index (χ1) is 10.5. The quantitative estimate of drug-likeness (QED) is 0.779. The Morgan fingerprint density at radius 3 is 2.64 bits per heavy atom. The fourth-order valence-electron chi connectivity index (χ4n) is 2.54. The van der Waals surface area contributed by atoms with Gasteiger partial charge in [-0.25, -0.2) is 4.98 Å². The Balaban J connectivity index is 2.26. The lowest BCUT2D eigenvalue weighted by atomic mass is 10.0. The number of fused-ring (bicyclic) bond motifs is 1. The number of nitrogen functional groups attached to an aromatic ring is 1. The van der Waals surface area contributed by atoms with Crippen LogP contribution in [0.1, 0.15) is 16.7 Å². The standard InChI is InChI=1S/C17H19N3O2/c1-10-6-13(14(22-3)7-11(10)2)16-17(18)20-8-12(9-21)4-5-15(20)19-16/h4-8,21H,9,18H2,1-3H3. The van der Waals surface area contributed by atoms with Crippen molar-refractivity contribution in [1.82, 2.24) is 9.38 Å². The Kier molecular flexibility index (Phi) is 3.50. The van der Waals surface area contributed by atoms with Crippen LogP contribution < -0.4 is 10.5 Å². The molecular weight excluding hydrogens is 278 g/mol. The van der Waals surface area contributed by atoms with Crippen molar-refractivity contribution in [3.8, 4) is 17.0 Å². The number of ether oxygens (including phenoxy) is 1. The number of nitrogens with two attached hydrogens (primary N) is 1. The summed E-state index contributed by atoms with van der Waals surface area (Å²) in [6.07, 6.45) is 1.80. The van der Waals surface area contributed by atoms with Gasteiger partial charge < -0.3 is 15.6 Å². The molecule has 0 atom stereocenters. The van der Waals surface area contributed by atoms with E-state index in [2.05, 4.69) is 4.98 Å². The predicted octanol–water partition coefficient (Wildman–Crippen LogP) is 2.70. The zero-order chi connectivity index (χ0) is 15.9. The van der Waals surface area contributed by atoms with Crippen LogP contribution >= 0.6 is 0 Å². The number of hydrogen-bond donors (Lipinski definition) is 2. The summed E-state index contributed by atoms with van der Waals surface area (Å²) >= 11 is 0. The fourth-order valence-corrected chi connectivity index (χ4v) is 2.54. The smallest absolute Gasteiger partial charge is 0.139 e. The molecular formula is C17H19N3O2. The van der Waals surface area contributed by atoms with E-state index in [9.17, 15) is 5.11 Å². The molecule has 0 radical (unpaired) electrons. The minimum atomic E-state index is -0.0319. The van der Waals surface area contributed by atoms with Crippen LogP contribution in [0.2, 0.25) is 0 Å². The Bertz CT molecular complexity index is 853. The Hall–Kier alpha value is -2.53. The highest BCUT2D eigenvalue weighted by atomic mass is 16.5. The van der Waals surface area contributed by atoms with Crippen molar-refractivity contribution in [2.75, 3.05) is 12.8 Å². The second-order valence-electron chi connectivity index (χ2n) is 5.41. The molecule has 5 nitrogen and oxygen atoms in total. The topological polar surface area (TPSA) is 72.8 Å². The van der Waals surface area contributed by atoms with Gasteiger partial charge in [-0.15, -0.1) is 0 Å². The number of anilines is 1. The summed E-state index contributed by atoms with van der Waals surface area (Å²) in [5.74, 6) is 1.28.